The molecule has 0 aliphatic rings. The molecule has 5 nitrogen and oxygen atoms in total. The summed E-state index contributed by atoms with van der Waals surface area (Å²) in [5, 5.41) is 20.5. The molecule has 0 saturated heterocycles. The maximum atomic E-state index is 10.8. The first-order valence-corrected chi connectivity index (χ1v) is 5.74. The average Bonchev–Trinajstić information content (AvgIpc) is 2.65. The van der Waals surface area contributed by atoms with Gasteiger partial charge in [-0.1, -0.05) is 5.16 Å². The van der Waals surface area contributed by atoms with Crippen molar-refractivity contribution in [1.29, 1.82) is 0 Å². The Morgan fingerprint density at radius 1 is 1.26 bits per heavy atom. The van der Waals surface area contributed by atoms with Gasteiger partial charge < -0.3 is 14.9 Å². The van der Waals surface area contributed by atoms with Gasteiger partial charge in [-0.25, -0.2) is 4.79 Å². The van der Waals surface area contributed by atoms with Crippen LogP contribution in [0.25, 0.3) is 5.69 Å². The van der Waals surface area contributed by atoms with E-state index in [0.29, 0.717) is 0 Å². The Kier molecular flexibility index (Phi) is 3.37. The Morgan fingerprint density at radius 3 is 2.42 bits per heavy atom. The molecule has 19 heavy (non-hydrogen) atoms. The number of carboxylic acids is 1. The second-order valence-electron chi connectivity index (χ2n) is 4.26. The molecule has 0 aliphatic heterocycles. The predicted molar refractivity (Wildman–Crippen MR) is 71.6 cm³/mol. The number of oxime groups is 1. The van der Waals surface area contributed by atoms with Crippen LogP contribution < -0.4 is 0 Å². The maximum absolute atomic E-state index is 10.8. The van der Waals surface area contributed by atoms with Gasteiger partial charge in [0.1, 0.15) is 0 Å². The van der Waals surface area contributed by atoms with Crippen LogP contribution in [0.15, 0.2) is 35.5 Å². The molecule has 5 heteroatoms. The lowest BCUT2D eigenvalue weighted by Crippen LogP contribution is -2.01. The summed E-state index contributed by atoms with van der Waals surface area (Å²) in [6.45, 7) is 3.85. The number of carboxylic acid groups (broad SMARTS) is 1. The van der Waals surface area contributed by atoms with Gasteiger partial charge in [-0.3, -0.25) is 0 Å². The van der Waals surface area contributed by atoms with E-state index in [1.807, 2.05) is 24.5 Å². The molecule has 0 unspecified atom stereocenters. The Balaban J connectivity index is 2.50. The van der Waals surface area contributed by atoms with Gasteiger partial charge in [-0.15, -0.1) is 0 Å². The molecule has 2 N–H and O–H groups in total. The van der Waals surface area contributed by atoms with Crippen LogP contribution in [0.4, 0.5) is 0 Å². The highest BCUT2D eigenvalue weighted by Gasteiger charge is 2.10. The van der Waals surface area contributed by atoms with Crippen LogP contribution in [0.2, 0.25) is 0 Å². The molecule has 1 heterocycles. The molecule has 0 saturated carbocycles. The number of aromatic nitrogens is 1. The second-order valence-corrected chi connectivity index (χ2v) is 4.26. The summed E-state index contributed by atoms with van der Waals surface area (Å²) in [6, 6.07) is 8.54. The molecule has 0 spiro atoms. The fourth-order valence-corrected chi connectivity index (χ4v) is 2.13. The van der Waals surface area contributed by atoms with Crippen molar-refractivity contribution in [3.8, 4) is 5.69 Å². The van der Waals surface area contributed by atoms with E-state index >= 15 is 0 Å². The van der Waals surface area contributed by atoms with E-state index in [1.165, 1.54) is 6.21 Å². The summed E-state index contributed by atoms with van der Waals surface area (Å²) >= 11 is 0. The van der Waals surface area contributed by atoms with Crippen LogP contribution in [-0.4, -0.2) is 27.1 Å². The normalized spacial score (nSPS) is 11.1. The summed E-state index contributed by atoms with van der Waals surface area (Å²) < 4.78 is 1.97. The first kappa shape index (κ1) is 12.9. The van der Waals surface area contributed by atoms with E-state index in [4.69, 9.17) is 10.3 Å². The average molecular weight is 258 g/mol. The van der Waals surface area contributed by atoms with E-state index in [1.54, 1.807) is 24.3 Å². The standard InChI is InChI=1S/C14H14N2O3/c1-9-7-12(8-15-19)10(2)16(9)13-5-3-11(4-6-13)14(17)18/h3-8,19H,1-2H3,(H,17,18). The van der Waals surface area contributed by atoms with Crippen molar-refractivity contribution in [3.05, 3.63) is 52.8 Å². The molecule has 0 amide bonds. The molecule has 0 bridgehead atoms. The van der Waals surface area contributed by atoms with E-state index in [-0.39, 0.29) is 5.56 Å². The zero-order valence-corrected chi connectivity index (χ0v) is 10.7. The zero-order chi connectivity index (χ0) is 14.0. The predicted octanol–water partition coefficient (Wildman–Crippen LogP) is 2.60. The van der Waals surface area contributed by atoms with Gasteiger partial charge >= 0.3 is 5.97 Å². The number of hydrogen-bond acceptors (Lipinski definition) is 3. The lowest BCUT2D eigenvalue weighted by molar-refractivity contribution is 0.0697. The highest BCUT2D eigenvalue weighted by molar-refractivity contribution is 5.87. The molecular formula is C14H14N2O3. The lowest BCUT2D eigenvalue weighted by Gasteiger charge is -2.09. The molecule has 0 fully saturated rings. The SMILES string of the molecule is Cc1cc(C=NO)c(C)n1-c1ccc(C(=O)O)cc1. The van der Waals surface area contributed by atoms with E-state index < -0.39 is 5.97 Å². The van der Waals surface area contributed by atoms with E-state index in [2.05, 4.69) is 5.16 Å². The Labute approximate surface area is 110 Å². The summed E-state index contributed by atoms with van der Waals surface area (Å²) in [5.74, 6) is -0.944. The quantitative estimate of drug-likeness (QED) is 0.505. The molecule has 2 rings (SSSR count). The number of carbonyl (C=O) groups is 1. The van der Waals surface area contributed by atoms with Gasteiger partial charge in [0.2, 0.25) is 0 Å². The van der Waals surface area contributed by atoms with Crippen molar-refractivity contribution in [1.82, 2.24) is 4.57 Å². The third-order valence-corrected chi connectivity index (χ3v) is 3.04. The van der Waals surface area contributed by atoms with Crippen LogP contribution >= 0.6 is 0 Å². The minimum Gasteiger partial charge on any atom is -0.478 e. The number of hydrogen-bond donors (Lipinski definition) is 2. The Morgan fingerprint density at radius 2 is 1.89 bits per heavy atom. The molecular weight excluding hydrogens is 244 g/mol. The summed E-state index contributed by atoms with van der Waals surface area (Å²) in [7, 11) is 0. The highest BCUT2D eigenvalue weighted by Crippen LogP contribution is 2.20. The Hall–Kier alpha value is -2.56. The zero-order valence-electron chi connectivity index (χ0n) is 10.7. The van der Waals surface area contributed by atoms with E-state index in [9.17, 15) is 4.79 Å². The summed E-state index contributed by atoms with van der Waals surface area (Å²) in [4.78, 5) is 10.8. The fraction of sp³-hybridized carbons (Fsp3) is 0.143. The van der Waals surface area contributed by atoms with Crippen molar-refractivity contribution in [2.75, 3.05) is 0 Å². The van der Waals surface area contributed by atoms with Crippen LogP contribution in [0.3, 0.4) is 0 Å². The first-order valence-electron chi connectivity index (χ1n) is 5.74. The summed E-state index contributed by atoms with van der Waals surface area (Å²) in [6.07, 6.45) is 1.38. The van der Waals surface area contributed by atoms with Crippen LogP contribution in [-0.2, 0) is 0 Å². The fourth-order valence-electron chi connectivity index (χ4n) is 2.13. The Bertz CT molecular complexity index is 639. The van der Waals surface area contributed by atoms with Crippen molar-refractivity contribution < 1.29 is 15.1 Å². The summed E-state index contributed by atoms with van der Waals surface area (Å²) in [5.41, 5.74) is 3.86. The number of aromatic carboxylic acids is 1. The molecule has 0 radical (unpaired) electrons. The molecule has 1 aromatic heterocycles. The van der Waals surface area contributed by atoms with Gasteiger partial charge in [-0.05, 0) is 44.2 Å². The van der Waals surface area contributed by atoms with Gasteiger partial charge in [0.05, 0.1) is 11.8 Å². The van der Waals surface area contributed by atoms with Crippen molar-refractivity contribution >= 4 is 12.2 Å². The molecule has 2 aromatic rings. The highest BCUT2D eigenvalue weighted by atomic mass is 16.4. The monoisotopic (exact) mass is 258 g/mol. The number of aryl methyl sites for hydroxylation is 1. The van der Waals surface area contributed by atoms with Crippen molar-refractivity contribution in [3.63, 3.8) is 0 Å². The molecule has 98 valence electrons. The van der Waals surface area contributed by atoms with Gasteiger partial charge in [0, 0.05) is 22.6 Å². The second kappa shape index (κ2) is 4.97. The minimum atomic E-state index is -0.944. The number of rotatable bonds is 3. The van der Waals surface area contributed by atoms with E-state index in [0.717, 1.165) is 22.6 Å². The van der Waals surface area contributed by atoms with Crippen LogP contribution in [0.1, 0.15) is 27.3 Å². The van der Waals surface area contributed by atoms with Gasteiger partial charge in [-0.2, -0.15) is 0 Å². The minimum absolute atomic E-state index is 0.253. The lowest BCUT2D eigenvalue weighted by atomic mass is 10.2. The third-order valence-electron chi connectivity index (χ3n) is 3.04. The van der Waals surface area contributed by atoms with Gasteiger partial charge in [0.25, 0.3) is 0 Å². The van der Waals surface area contributed by atoms with Crippen molar-refractivity contribution in [2.24, 2.45) is 5.16 Å². The van der Waals surface area contributed by atoms with Crippen molar-refractivity contribution in [2.45, 2.75) is 13.8 Å². The number of benzene rings is 1. The molecule has 0 atom stereocenters. The topological polar surface area (TPSA) is 74.8 Å². The largest absolute Gasteiger partial charge is 0.478 e. The van der Waals surface area contributed by atoms with Crippen LogP contribution in [0.5, 0.6) is 0 Å². The molecule has 0 aliphatic carbocycles. The number of nitrogens with zero attached hydrogens (tertiary/aromatic N) is 2. The maximum Gasteiger partial charge on any atom is 0.335 e. The smallest absolute Gasteiger partial charge is 0.335 e. The molecule has 1 aromatic carbocycles. The third kappa shape index (κ3) is 2.35. The van der Waals surface area contributed by atoms with Gasteiger partial charge in [0.15, 0.2) is 0 Å². The first-order chi connectivity index (χ1) is 9.04. The van der Waals surface area contributed by atoms with Crippen LogP contribution in [0, 0.1) is 13.8 Å².